The molecule has 4 rings (SSSR count). The lowest BCUT2D eigenvalue weighted by molar-refractivity contribution is -0.134. The van der Waals surface area contributed by atoms with E-state index in [2.05, 4.69) is 63.3 Å². The SMILES string of the molecule is CC(C)NC(=O)C1(Cc2ccccc2-c2cccs2)CCN(Cc2cnn(C)c2)CC1. The largest absolute Gasteiger partial charge is 0.353 e. The number of carbonyl (C=O) groups excluding carboxylic acids is 1. The molecule has 1 amide bonds. The number of rotatable bonds is 7. The third kappa shape index (κ3) is 5.08. The molecule has 1 aliphatic heterocycles. The average molecular weight is 437 g/mol. The van der Waals surface area contributed by atoms with Gasteiger partial charge >= 0.3 is 0 Å². The maximum atomic E-state index is 13.5. The Balaban J connectivity index is 1.55. The Labute approximate surface area is 189 Å². The highest BCUT2D eigenvalue weighted by atomic mass is 32.1. The first-order valence-corrected chi connectivity index (χ1v) is 12.0. The monoisotopic (exact) mass is 436 g/mol. The van der Waals surface area contributed by atoms with Crippen molar-refractivity contribution in [1.82, 2.24) is 20.0 Å². The fourth-order valence-electron chi connectivity index (χ4n) is 4.56. The average Bonchev–Trinajstić information content (AvgIpc) is 3.41. The van der Waals surface area contributed by atoms with Crippen molar-refractivity contribution in [2.75, 3.05) is 13.1 Å². The molecule has 164 valence electrons. The summed E-state index contributed by atoms with van der Waals surface area (Å²) in [5, 5.41) is 9.63. The van der Waals surface area contributed by atoms with Crippen LogP contribution in [0.2, 0.25) is 0 Å². The van der Waals surface area contributed by atoms with Crippen LogP contribution < -0.4 is 5.32 Å². The summed E-state index contributed by atoms with van der Waals surface area (Å²) >= 11 is 1.76. The number of nitrogens with zero attached hydrogens (tertiary/aromatic N) is 3. The lowest BCUT2D eigenvalue weighted by Crippen LogP contribution is -2.51. The summed E-state index contributed by atoms with van der Waals surface area (Å²) in [6, 6.07) is 13.0. The summed E-state index contributed by atoms with van der Waals surface area (Å²) in [6.45, 7) is 6.82. The van der Waals surface area contributed by atoms with Gasteiger partial charge in [0.2, 0.25) is 5.91 Å². The van der Waals surface area contributed by atoms with E-state index in [4.69, 9.17) is 0 Å². The Morgan fingerprint density at radius 2 is 1.97 bits per heavy atom. The molecular weight excluding hydrogens is 404 g/mol. The van der Waals surface area contributed by atoms with Gasteiger partial charge in [0.15, 0.2) is 0 Å². The van der Waals surface area contributed by atoms with Crippen LogP contribution in [-0.2, 0) is 24.8 Å². The lowest BCUT2D eigenvalue weighted by Gasteiger charge is -2.41. The molecule has 31 heavy (non-hydrogen) atoms. The summed E-state index contributed by atoms with van der Waals surface area (Å²) < 4.78 is 1.85. The quantitative estimate of drug-likeness (QED) is 0.593. The predicted molar refractivity (Wildman–Crippen MR) is 127 cm³/mol. The summed E-state index contributed by atoms with van der Waals surface area (Å²) in [4.78, 5) is 17.2. The van der Waals surface area contributed by atoms with Gasteiger partial charge in [-0.2, -0.15) is 5.10 Å². The van der Waals surface area contributed by atoms with E-state index in [1.165, 1.54) is 21.6 Å². The highest BCUT2D eigenvalue weighted by molar-refractivity contribution is 7.13. The number of thiophene rings is 1. The van der Waals surface area contributed by atoms with Crippen molar-refractivity contribution >= 4 is 17.2 Å². The van der Waals surface area contributed by atoms with Crippen LogP contribution in [0.15, 0.2) is 54.2 Å². The normalized spacial score (nSPS) is 16.5. The van der Waals surface area contributed by atoms with E-state index in [1.807, 2.05) is 31.8 Å². The van der Waals surface area contributed by atoms with Crippen LogP contribution in [0.5, 0.6) is 0 Å². The van der Waals surface area contributed by atoms with E-state index < -0.39 is 0 Å². The molecule has 0 bridgehead atoms. The van der Waals surface area contributed by atoms with E-state index in [0.29, 0.717) is 0 Å². The fraction of sp³-hybridized carbons (Fsp3) is 0.440. The summed E-state index contributed by atoms with van der Waals surface area (Å²) in [6.07, 6.45) is 6.52. The van der Waals surface area contributed by atoms with Gasteiger partial charge in [-0.25, -0.2) is 0 Å². The van der Waals surface area contributed by atoms with Gasteiger partial charge in [-0.15, -0.1) is 11.3 Å². The Kier molecular flexibility index (Phi) is 6.58. The van der Waals surface area contributed by atoms with Gasteiger partial charge in [-0.3, -0.25) is 14.4 Å². The molecule has 1 N–H and O–H groups in total. The zero-order chi connectivity index (χ0) is 21.8. The number of hydrogen-bond donors (Lipinski definition) is 1. The van der Waals surface area contributed by atoms with Crippen LogP contribution in [-0.4, -0.2) is 39.7 Å². The highest BCUT2D eigenvalue weighted by Gasteiger charge is 2.42. The maximum absolute atomic E-state index is 13.5. The molecule has 3 heterocycles. The van der Waals surface area contributed by atoms with Gasteiger partial charge in [0.05, 0.1) is 11.6 Å². The molecule has 0 atom stereocenters. The minimum Gasteiger partial charge on any atom is -0.353 e. The highest BCUT2D eigenvalue weighted by Crippen LogP contribution is 2.39. The van der Waals surface area contributed by atoms with Crippen LogP contribution >= 0.6 is 11.3 Å². The van der Waals surface area contributed by atoms with E-state index in [9.17, 15) is 4.79 Å². The van der Waals surface area contributed by atoms with Gasteiger partial charge < -0.3 is 5.32 Å². The topological polar surface area (TPSA) is 50.2 Å². The fourth-order valence-corrected chi connectivity index (χ4v) is 5.35. The smallest absolute Gasteiger partial charge is 0.226 e. The zero-order valence-corrected chi connectivity index (χ0v) is 19.5. The van der Waals surface area contributed by atoms with Crippen molar-refractivity contribution < 1.29 is 4.79 Å². The lowest BCUT2D eigenvalue weighted by atomic mass is 9.72. The molecule has 0 spiro atoms. The molecule has 1 aliphatic rings. The number of carbonyl (C=O) groups is 1. The van der Waals surface area contributed by atoms with Crippen molar-refractivity contribution in [3.63, 3.8) is 0 Å². The molecule has 0 aliphatic carbocycles. The molecule has 2 aromatic heterocycles. The Morgan fingerprint density at radius 3 is 2.61 bits per heavy atom. The summed E-state index contributed by atoms with van der Waals surface area (Å²) in [5.41, 5.74) is 3.38. The zero-order valence-electron chi connectivity index (χ0n) is 18.7. The minimum atomic E-state index is -0.372. The number of likely N-dealkylation sites (tertiary alicyclic amines) is 1. The van der Waals surface area contributed by atoms with E-state index in [0.717, 1.165) is 38.9 Å². The van der Waals surface area contributed by atoms with E-state index in [1.54, 1.807) is 11.3 Å². The molecule has 6 heteroatoms. The number of aryl methyl sites for hydroxylation is 1. The first kappa shape index (κ1) is 21.8. The number of piperidine rings is 1. The van der Waals surface area contributed by atoms with Crippen LogP contribution in [0.4, 0.5) is 0 Å². The van der Waals surface area contributed by atoms with Crippen LogP contribution in [0, 0.1) is 5.41 Å². The van der Waals surface area contributed by atoms with Crippen molar-refractivity contribution in [1.29, 1.82) is 0 Å². The number of aromatic nitrogens is 2. The molecule has 1 saturated heterocycles. The summed E-state index contributed by atoms with van der Waals surface area (Å²) in [7, 11) is 1.95. The molecule has 3 aromatic rings. The van der Waals surface area contributed by atoms with Gasteiger partial charge in [0, 0.05) is 36.3 Å². The first-order chi connectivity index (χ1) is 14.9. The molecular formula is C25H32N4OS. The van der Waals surface area contributed by atoms with E-state index in [-0.39, 0.29) is 17.4 Å². The predicted octanol–water partition coefficient (Wildman–Crippen LogP) is 4.50. The van der Waals surface area contributed by atoms with Gasteiger partial charge in [0.1, 0.15) is 0 Å². The molecule has 1 aromatic carbocycles. The minimum absolute atomic E-state index is 0.144. The van der Waals surface area contributed by atoms with Gasteiger partial charge in [-0.1, -0.05) is 30.3 Å². The first-order valence-electron chi connectivity index (χ1n) is 11.1. The molecule has 5 nitrogen and oxygen atoms in total. The van der Waals surface area contributed by atoms with Crippen LogP contribution in [0.3, 0.4) is 0 Å². The molecule has 0 radical (unpaired) electrons. The maximum Gasteiger partial charge on any atom is 0.226 e. The Bertz CT molecular complexity index is 1000. The standard InChI is InChI=1S/C25H32N4OS/c1-19(2)27-24(30)25(10-12-29(13-11-25)18-20-16-26-28(3)17-20)15-21-7-4-5-8-22(21)23-9-6-14-31-23/h4-9,14,16-17,19H,10-13,15,18H2,1-3H3,(H,27,30). The number of hydrogen-bond acceptors (Lipinski definition) is 4. The number of amides is 1. The van der Waals surface area contributed by atoms with Crippen molar-refractivity contribution in [2.24, 2.45) is 12.5 Å². The molecule has 0 saturated carbocycles. The second kappa shape index (κ2) is 9.37. The van der Waals surface area contributed by atoms with Crippen LogP contribution in [0.1, 0.15) is 37.8 Å². The van der Waals surface area contributed by atoms with Crippen molar-refractivity contribution in [2.45, 2.75) is 45.7 Å². The van der Waals surface area contributed by atoms with Crippen molar-refractivity contribution in [3.05, 3.63) is 65.3 Å². The Hall–Kier alpha value is -2.44. The molecule has 1 fully saturated rings. The molecule has 0 unspecified atom stereocenters. The third-order valence-electron chi connectivity index (χ3n) is 6.21. The van der Waals surface area contributed by atoms with Gasteiger partial charge in [-0.05, 0) is 68.8 Å². The van der Waals surface area contributed by atoms with Gasteiger partial charge in [0.25, 0.3) is 0 Å². The second-order valence-electron chi connectivity index (χ2n) is 9.02. The van der Waals surface area contributed by atoms with E-state index >= 15 is 0 Å². The van der Waals surface area contributed by atoms with Crippen molar-refractivity contribution in [3.8, 4) is 10.4 Å². The Morgan fingerprint density at radius 1 is 1.19 bits per heavy atom. The number of nitrogens with one attached hydrogen (secondary N) is 1. The number of benzene rings is 1. The van der Waals surface area contributed by atoms with Crippen LogP contribution in [0.25, 0.3) is 10.4 Å². The second-order valence-corrected chi connectivity index (χ2v) is 9.97. The summed E-state index contributed by atoms with van der Waals surface area (Å²) in [5.74, 6) is 0.199. The third-order valence-corrected chi connectivity index (χ3v) is 7.12.